The fourth-order valence-corrected chi connectivity index (χ4v) is 2.66. The van der Waals surface area contributed by atoms with Crippen molar-refractivity contribution in [3.8, 4) is 5.75 Å². The van der Waals surface area contributed by atoms with E-state index >= 15 is 0 Å². The number of hydrogen-bond acceptors (Lipinski definition) is 4. The Kier molecular flexibility index (Phi) is 6.69. The normalized spacial score (nSPS) is 16.5. The molecule has 0 aliphatic carbocycles. The first-order valence-electron chi connectivity index (χ1n) is 7.65. The van der Waals surface area contributed by atoms with Crippen LogP contribution < -0.4 is 10.1 Å². The standard InChI is InChI=1S/C16H19ClF3N3O2/c1-12(17)10-22-6-8-23(9-7-22)11-15(24)21-13-2-4-14(5-3-13)25-16(18,19)20/h2-5H,1,6-11H2,(H,21,24). The van der Waals surface area contributed by atoms with Crippen molar-refractivity contribution in [1.29, 1.82) is 0 Å². The van der Waals surface area contributed by atoms with Crippen LogP contribution in [0.1, 0.15) is 0 Å². The van der Waals surface area contributed by atoms with Crippen LogP contribution in [0.2, 0.25) is 0 Å². The highest BCUT2D eigenvalue weighted by atomic mass is 35.5. The maximum absolute atomic E-state index is 12.1. The number of nitrogens with zero attached hydrogens (tertiary/aromatic N) is 2. The monoisotopic (exact) mass is 377 g/mol. The molecule has 1 saturated heterocycles. The van der Waals surface area contributed by atoms with E-state index in [1.165, 1.54) is 12.1 Å². The van der Waals surface area contributed by atoms with Gasteiger partial charge in [-0.15, -0.1) is 13.2 Å². The number of carbonyl (C=O) groups excluding carboxylic acids is 1. The minimum absolute atomic E-state index is 0.219. The van der Waals surface area contributed by atoms with Crippen molar-refractivity contribution in [2.45, 2.75) is 6.36 Å². The highest BCUT2D eigenvalue weighted by Gasteiger charge is 2.31. The summed E-state index contributed by atoms with van der Waals surface area (Å²) in [5.74, 6) is -0.554. The predicted octanol–water partition coefficient (Wildman–Crippen LogP) is 2.89. The molecule has 1 aromatic carbocycles. The molecule has 1 aromatic rings. The molecule has 1 aliphatic rings. The smallest absolute Gasteiger partial charge is 0.406 e. The molecular weight excluding hydrogens is 359 g/mol. The van der Waals surface area contributed by atoms with Gasteiger partial charge in [0.1, 0.15) is 5.75 Å². The Balaban J connectivity index is 1.76. The minimum Gasteiger partial charge on any atom is -0.406 e. The average Bonchev–Trinajstić information content (AvgIpc) is 2.49. The third-order valence-electron chi connectivity index (χ3n) is 3.60. The summed E-state index contributed by atoms with van der Waals surface area (Å²) >= 11 is 5.78. The maximum atomic E-state index is 12.1. The van der Waals surface area contributed by atoms with E-state index in [4.69, 9.17) is 11.6 Å². The fraction of sp³-hybridized carbons (Fsp3) is 0.438. The Bertz CT molecular complexity index is 600. The van der Waals surface area contributed by atoms with Gasteiger partial charge in [-0.3, -0.25) is 14.6 Å². The van der Waals surface area contributed by atoms with E-state index in [0.717, 1.165) is 38.3 Å². The molecule has 0 radical (unpaired) electrons. The van der Waals surface area contributed by atoms with Crippen LogP contribution in [0, 0.1) is 0 Å². The summed E-state index contributed by atoms with van der Waals surface area (Å²) in [4.78, 5) is 16.2. The maximum Gasteiger partial charge on any atom is 0.573 e. The number of hydrogen-bond donors (Lipinski definition) is 1. The van der Waals surface area contributed by atoms with Crippen molar-refractivity contribution in [2.75, 3.05) is 44.6 Å². The lowest BCUT2D eigenvalue weighted by Gasteiger charge is -2.34. The van der Waals surface area contributed by atoms with Gasteiger partial charge in [-0.1, -0.05) is 18.2 Å². The van der Waals surface area contributed by atoms with Crippen LogP contribution in [-0.4, -0.2) is 61.3 Å². The SMILES string of the molecule is C=C(Cl)CN1CCN(CC(=O)Nc2ccc(OC(F)(F)F)cc2)CC1. The summed E-state index contributed by atoms with van der Waals surface area (Å²) in [6, 6.07) is 5.04. The molecule has 0 aromatic heterocycles. The first kappa shape index (κ1) is 19.6. The van der Waals surface area contributed by atoms with Gasteiger partial charge in [-0.2, -0.15) is 0 Å². The number of alkyl halides is 3. The molecular formula is C16H19ClF3N3O2. The summed E-state index contributed by atoms with van der Waals surface area (Å²) in [6.45, 7) is 7.57. The zero-order valence-corrected chi connectivity index (χ0v) is 14.2. The number of benzene rings is 1. The molecule has 1 aliphatic heterocycles. The molecule has 25 heavy (non-hydrogen) atoms. The second-order valence-electron chi connectivity index (χ2n) is 5.69. The van der Waals surface area contributed by atoms with Gasteiger partial charge in [-0.25, -0.2) is 0 Å². The molecule has 0 atom stereocenters. The van der Waals surface area contributed by atoms with E-state index < -0.39 is 6.36 Å². The summed E-state index contributed by atoms with van der Waals surface area (Å²) < 4.78 is 40.1. The molecule has 0 unspecified atom stereocenters. The molecule has 0 saturated carbocycles. The first-order chi connectivity index (χ1) is 11.7. The van der Waals surface area contributed by atoms with E-state index in [1.54, 1.807) is 0 Å². The topological polar surface area (TPSA) is 44.8 Å². The molecule has 1 amide bonds. The highest BCUT2D eigenvalue weighted by molar-refractivity contribution is 6.29. The van der Waals surface area contributed by atoms with Crippen LogP contribution >= 0.6 is 11.6 Å². The highest BCUT2D eigenvalue weighted by Crippen LogP contribution is 2.23. The van der Waals surface area contributed by atoms with Crippen LogP contribution in [0.25, 0.3) is 0 Å². The molecule has 5 nitrogen and oxygen atoms in total. The van der Waals surface area contributed by atoms with Crippen molar-refractivity contribution < 1.29 is 22.7 Å². The number of ether oxygens (including phenoxy) is 1. The van der Waals surface area contributed by atoms with Crippen LogP contribution in [0.4, 0.5) is 18.9 Å². The van der Waals surface area contributed by atoms with Crippen LogP contribution in [-0.2, 0) is 4.79 Å². The summed E-state index contributed by atoms with van der Waals surface area (Å²) in [5.41, 5.74) is 0.414. The Morgan fingerprint density at radius 3 is 2.12 bits per heavy atom. The van der Waals surface area contributed by atoms with Crippen molar-refractivity contribution >= 4 is 23.2 Å². The van der Waals surface area contributed by atoms with Gasteiger partial charge in [0.25, 0.3) is 0 Å². The van der Waals surface area contributed by atoms with Crippen molar-refractivity contribution in [2.24, 2.45) is 0 Å². The van der Waals surface area contributed by atoms with E-state index in [9.17, 15) is 18.0 Å². The Morgan fingerprint density at radius 1 is 1.12 bits per heavy atom. The number of rotatable bonds is 6. The van der Waals surface area contributed by atoms with Gasteiger partial charge < -0.3 is 10.1 Å². The quantitative estimate of drug-likeness (QED) is 0.828. The predicted molar refractivity (Wildman–Crippen MR) is 89.6 cm³/mol. The molecule has 0 bridgehead atoms. The molecule has 0 spiro atoms. The number of piperazine rings is 1. The largest absolute Gasteiger partial charge is 0.573 e. The number of anilines is 1. The van der Waals surface area contributed by atoms with Gasteiger partial charge in [-0.05, 0) is 24.3 Å². The average molecular weight is 378 g/mol. The van der Waals surface area contributed by atoms with Crippen LogP contribution in [0.5, 0.6) is 5.75 Å². The van der Waals surface area contributed by atoms with Crippen LogP contribution in [0.15, 0.2) is 35.9 Å². The Labute approximate surface area is 149 Å². The van der Waals surface area contributed by atoms with Crippen molar-refractivity contribution in [3.05, 3.63) is 35.9 Å². The van der Waals surface area contributed by atoms with Crippen LogP contribution in [0.3, 0.4) is 0 Å². The molecule has 2 rings (SSSR count). The molecule has 138 valence electrons. The summed E-state index contributed by atoms with van der Waals surface area (Å²) in [7, 11) is 0. The number of amides is 1. The molecule has 1 heterocycles. The third kappa shape index (κ3) is 7.33. The molecule has 1 fully saturated rings. The van der Waals surface area contributed by atoms with E-state index in [-0.39, 0.29) is 18.2 Å². The van der Waals surface area contributed by atoms with Gasteiger partial charge in [0, 0.05) is 43.4 Å². The van der Waals surface area contributed by atoms with E-state index in [0.29, 0.717) is 17.3 Å². The minimum atomic E-state index is -4.73. The van der Waals surface area contributed by atoms with Gasteiger partial charge >= 0.3 is 6.36 Å². The molecule has 9 heteroatoms. The Morgan fingerprint density at radius 2 is 1.64 bits per heavy atom. The second-order valence-corrected chi connectivity index (χ2v) is 6.22. The second kappa shape index (κ2) is 8.55. The number of nitrogens with one attached hydrogen (secondary N) is 1. The lowest BCUT2D eigenvalue weighted by atomic mass is 10.3. The van der Waals surface area contributed by atoms with Gasteiger partial charge in [0.2, 0.25) is 5.91 Å². The molecule has 1 N–H and O–H groups in total. The zero-order valence-electron chi connectivity index (χ0n) is 13.5. The Hall–Kier alpha value is -1.77. The van der Waals surface area contributed by atoms with E-state index in [2.05, 4.69) is 21.5 Å². The number of carbonyl (C=O) groups is 1. The van der Waals surface area contributed by atoms with Crippen molar-refractivity contribution in [1.82, 2.24) is 9.80 Å². The van der Waals surface area contributed by atoms with Gasteiger partial charge in [0.15, 0.2) is 0 Å². The third-order valence-corrected chi connectivity index (χ3v) is 3.72. The van der Waals surface area contributed by atoms with E-state index in [1.807, 2.05) is 4.90 Å². The lowest BCUT2D eigenvalue weighted by Crippen LogP contribution is -2.48. The van der Waals surface area contributed by atoms with Crippen molar-refractivity contribution in [3.63, 3.8) is 0 Å². The fourth-order valence-electron chi connectivity index (χ4n) is 2.49. The lowest BCUT2D eigenvalue weighted by molar-refractivity contribution is -0.274. The first-order valence-corrected chi connectivity index (χ1v) is 8.03. The zero-order chi connectivity index (χ0) is 18.4. The summed E-state index contributed by atoms with van der Waals surface area (Å²) in [5, 5.41) is 3.24. The van der Waals surface area contributed by atoms with Gasteiger partial charge in [0.05, 0.1) is 6.54 Å². The number of halogens is 4. The summed E-state index contributed by atoms with van der Waals surface area (Å²) in [6.07, 6.45) is -4.73.